The number of carbonyl (C=O) groups excluding carboxylic acids is 2. The Kier molecular flexibility index (Phi) is 7.46. The van der Waals surface area contributed by atoms with Crippen molar-refractivity contribution in [3.63, 3.8) is 0 Å². The zero-order valence-corrected chi connectivity index (χ0v) is 19.2. The van der Waals surface area contributed by atoms with Gasteiger partial charge in [-0.1, -0.05) is 36.2 Å². The molecule has 2 aromatic carbocycles. The molecule has 1 aliphatic heterocycles. The fourth-order valence-corrected chi connectivity index (χ4v) is 4.83. The van der Waals surface area contributed by atoms with Crippen molar-refractivity contribution in [2.45, 2.75) is 37.1 Å². The normalized spacial score (nSPS) is 16.2. The van der Waals surface area contributed by atoms with Crippen LogP contribution in [0.4, 0.5) is 5.69 Å². The molecule has 3 rings (SSSR count). The van der Waals surface area contributed by atoms with Crippen molar-refractivity contribution < 1.29 is 18.0 Å². The summed E-state index contributed by atoms with van der Waals surface area (Å²) in [6.07, 6.45) is 2.15. The molecule has 7 nitrogen and oxygen atoms in total. The predicted molar refractivity (Wildman–Crippen MR) is 121 cm³/mol. The summed E-state index contributed by atoms with van der Waals surface area (Å²) in [5, 5.41) is 3.20. The van der Waals surface area contributed by atoms with Crippen LogP contribution in [0.1, 0.15) is 36.5 Å². The lowest BCUT2D eigenvalue weighted by molar-refractivity contribution is -0.124. The molecule has 166 valence electrons. The third-order valence-corrected chi connectivity index (χ3v) is 7.05. The van der Waals surface area contributed by atoms with Gasteiger partial charge in [-0.05, 0) is 55.7 Å². The summed E-state index contributed by atoms with van der Waals surface area (Å²) in [7, 11) is -3.93. The predicted octanol–water partition coefficient (Wildman–Crippen LogP) is 3.93. The van der Waals surface area contributed by atoms with Crippen molar-refractivity contribution in [3.05, 3.63) is 58.1 Å². The molecule has 1 fully saturated rings. The number of likely N-dealkylation sites (tertiary alicyclic amines) is 1. The molecule has 2 aromatic rings. The molecule has 0 radical (unpaired) electrons. The molecule has 31 heavy (non-hydrogen) atoms. The lowest BCUT2D eigenvalue weighted by Crippen LogP contribution is -2.46. The van der Waals surface area contributed by atoms with Crippen LogP contribution >= 0.6 is 23.2 Å². The van der Waals surface area contributed by atoms with Gasteiger partial charge >= 0.3 is 0 Å². The van der Waals surface area contributed by atoms with Gasteiger partial charge in [0, 0.05) is 24.3 Å². The summed E-state index contributed by atoms with van der Waals surface area (Å²) in [6.45, 7) is 2.99. The molecule has 0 aromatic heterocycles. The third kappa shape index (κ3) is 5.50. The number of rotatable bonds is 7. The van der Waals surface area contributed by atoms with Crippen LogP contribution in [-0.4, -0.2) is 44.3 Å². The fourth-order valence-electron chi connectivity index (χ4n) is 3.39. The van der Waals surface area contributed by atoms with E-state index in [9.17, 15) is 18.0 Å². The third-order valence-electron chi connectivity index (χ3n) is 4.93. The Hall–Kier alpha value is -2.29. The average molecular weight is 484 g/mol. The Bertz CT molecular complexity index is 1090. The van der Waals surface area contributed by atoms with Crippen molar-refractivity contribution in [2.24, 2.45) is 0 Å². The summed E-state index contributed by atoms with van der Waals surface area (Å²) in [6, 6.07) is 9.66. The van der Waals surface area contributed by atoms with E-state index in [1.165, 1.54) is 29.2 Å². The highest BCUT2D eigenvalue weighted by Crippen LogP contribution is 2.27. The van der Waals surface area contributed by atoms with Crippen molar-refractivity contribution >= 4 is 50.7 Å². The van der Waals surface area contributed by atoms with Crippen LogP contribution < -0.4 is 10.0 Å². The largest absolute Gasteiger partial charge is 0.354 e. The van der Waals surface area contributed by atoms with Crippen molar-refractivity contribution in [1.82, 2.24) is 10.2 Å². The Morgan fingerprint density at radius 3 is 2.61 bits per heavy atom. The molecule has 2 amide bonds. The first-order valence-electron chi connectivity index (χ1n) is 9.89. The second kappa shape index (κ2) is 9.89. The van der Waals surface area contributed by atoms with Gasteiger partial charge in [-0.15, -0.1) is 0 Å². The lowest BCUT2D eigenvalue weighted by Gasteiger charge is -2.24. The fraction of sp³-hybridized carbons (Fsp3) is 0.333. The molecule has 2 N–H and O–H groups in total. The highest BCUT2D eigenvalue weighted by atomic mass is 35.5. The minimum Gasteiger partial charge on any atom is -0.354 e. The van der Waals surface area contributed by atoms with Gasteiger partial charge in [0.1, 0.15) is 6.04 Å². The van der Waals surface area contributed by atoms with E-state index in [0.717, 1.165) is 12.8 Å². The van der Waals surface area contributed by atoms with Gasteiger partial charge in [-0.3, -0.25) is 14.3 Å². The van der Waals surface area contributed by atoms with Gasteiger partial charge in [0.2, 0.25) is 5.91 Å². The van der Waals surface area contributed by atoms with Gasteiger partial charge < -0.3 is 10.2 Å². The molecule has 1 atom stereocenters. The van der Waals surface area contributed by atoms with Crippen LogP contribution in [0.5, 0.6) is 0 Å². The van der Waals surface area contributed by atoms with Crippen LogP contribution in [0.3, 0.4) is 0 Å². The maximum atomic E-state index is 13.0. The Balaban J connectivity index is 1.78. The number of benzene rings is 2. The first-order valence-corrected chi connectivity index (χ1v) is 12.1. The van der Waals surface area contributed by atoms with Crippen LogP contribution in [0.15, 0.2) is 47.4 Å². The molecule has 0 bridgehead atoms. The smallest absolute Gasteiger partial charge is 0.261 e. The van der Waals surface area contributed by atoms with Crippen molar-refractivity contribution in [2.75, 3.05) is 17.8 Å². The molecule has 1 heterocycles. The lowest BCUT2D eigenvalue weighted by atomic mass is 10.1. The molecule has 0 saturated carbocycles. The highest BCUT2D eigenvalue weighted by Gasteiger charge is 2.34. The number of nitrogens with one attached hydrogen (secondary N) is 2. The monoisotopic (exact) mass is 483 g/mol. The first kappa shape index (κ1) is 23.4. The second-order valence-electron chi connectivity index (χ2n) is 7.21. The number of hydrogen-bond donors (Lipinski definition) is 2. The summed E-state index contributed by atoms with van der Waals surface area (Å²) in [5.74, 6) is -0.478. The molecular weight excluding hydrogens is 461 g/mol. The molecular formula is C21H23Cl2N3O4S. The van der Waals surface area contributed by atoms with Crippen LogP contribution in [-0.2, 0) is 14.8 Å². The van der Waals surface area contributed by atoms with Crippen molar-refractivity contribution in [1.29, 1.82) is 0 Å². The maximum Gasteiger partial charge on any atom is 0.261 e. The number of carbonyl (C=O) groups is 2. The van der Waals surface area contributed by atoms with Gasteiger partial charge in [0.25, 0.3) is 15.9 Å². The van der Waals surface area contributed by atoms with E-state index in [1.807, 2.05) is 6.92 Å². The Morgan fingerprint density at radius 2 is 1.90 bits per heavy atom. The molecule has 1 unspecified atom stereocenters. The van der Waals surface area contributed by atoms with E-state index in [-0.39, 0.29) is 32.4 Å². The van der Waals surface area contributed by atoms with Crippen LogP contribution in [0.2, 0.25) is 10.0 Å². The SMILES string of the molecule is CCCNC(=O)C1CCCN1C(=O)c1cccc(NS(=O)(=O)c2ccc(Cl)c(Cl)c2)c1. The Labute approximate surface area is 191 Å². The minimum absolute atomic E-state index is 0.0502. The topological polar surface area (TPSA) is 95.6 Å². The Morgan fingerprint density at radius 1 is 1.13 bits per heavy atom. The number of halogens is 2. The number of anilines is 1. The van der Waals surface area contributed by atoms with E-state index in [1.54, 1.807) is 18.2 Å². The van der Waals surface area contributed by atoms with Crippen LogP contribution in [0, 0.1) is 0 Å². The average Bonchev–Trinajstić information content (AvgIpc) is 3.23. The van der Waals surface area contributed by atoms with E-state index < -0.39 is 16.1 Å². The van der Waals surface area contributed by atoms with Crippen LogP contribution in [0.25, 0.3) is 0 Å². The minimum atomic E-state index is -3.93. The van der Waals surface area contributed by atoms with Gasteiger partial charge in [0.15, 0.2) is 0 Å². The molecule has 0 aliphatic carbocycles. The number of sulfonamides is 1. The second-order valence-corrected chi connectivity index (χ2v) is 9.71. The van der Waals surface area contributed by atoms with E-state index >= 15 is 0 Å². The maximum absolute atomic E-state index is 13.0. The zero-order chi connectivity index (χ0) is 22.6. The summed E-state index contributed by atoms with van der Waals surface area (Å²) in [5.41, 5.74) is 0.521. The molecule has 0 spiro atoms. The van der Waals surface area contributed by atoms with E-state index in [0.29, 0.717) is 25.1 Å². The van der Waals surface area contributed by atoms with E-state index in [4.69, 9.17) is 23.2 Å². The number of amides is 2. The standard InChI is InChI=1S/C21H23Cl2N3O4S/c1-2-10-24-20(27)19-7-4-11-26(19)21(28)14-5-3-6-15(12-14)25-31(29,30)16-8-9-17(22)18(23)13-16/h3,5-6,8-9,12-13,19,25H,2,4,7,10-11H2,1H3,(H,24,27). The summed E-state index contributed by atoms with van der Waals surface area (Å²) >= 11 is 11.8. The number of nitrogens with zero attached hydrogens (tertiary/aromatic N) is 1. The van der Waals surface area contributed by atoms with Gasteiger partial charge in [-0.2, -0.15) is 0 Å². The van der Waals surface area contributed by atoms with Gasteiger partial charge in [-0.25, -0.2) is 8.42 Å². The van der Waals surface area contributed by atoms with Crippen molar-refractivity contribution in [3.8, 4) is 0 Å². The quantitative estimate of drug-likeness (QED) is 0.623. The first-order chi connectivity index (χ1) is 14.7. The highest BCUT2D eigenvalue weighted by molar-refractivity contribution is 7.92. The van der Waals surface area contributed by atoms with E-state index in [2.05, 4.69) is 10.0 Å². The summed E-state index contributed by atoms with van der Waals surface area (Å²) < 4.78 is 27.8. The summed E-state index contributed by atoms with van der Waals surface area (Å²) in [4.78, 5) is 26.9. The zero-order valence-electron chi connectivity index (χ0n) is 16.9. The molecule has 1 aliphatic rings. The number of hydrogen-bond acceptors (Lipinski definition) is 4. The molecule has 10 heteroatoms. The molecule has 1 saturated heterocycles. The van der Waals surface area contributed by atoms with Gasteiger partial charge in [0.05, 0.1) is 14.9 Å².